The molecule has 0 saturated heterocycles. The number of hydrogen-bond acceptors (Lipinski definition) is 8. The van der Waals surface area contributed by atoms with Crippen molar-refractivity contribution >= 4 is 22.7 Å². The number of aromatic nitrogens is 3. The molecule has 0 aliphatic heterocycles. The second-order valence-corrected chi connectivity index (χ2v) is 9.27. The molecule has 0 spiro atoms. The number of benzene rings is 3. The summed E-state index contributed by atoms with van der Waals surface area (Å²) in [5.74, 6) is 3.44. The van der Waals surface area contributed by atoms with Gasteiger partial charge in [-0.1, -0.05) is 36.0 Å². The molecule has 0 fully saturated rings. The molecule has 0 N–H and O–H groups in total. The van der Waals surface area contributed by atoms with Gasteiger partial charge >= 0.3 is 0 Å². The number of fused-ring (bicyclic) bond motifs is 1. The minimum atomic E-state index is -0.173. The minimum Gasteiger partial charge on any atom is -0.493 e. The molecule has 0 bridgehead atoms. The third kappa shape index (κ3) is 4.84. The first-order chi connectivity index (χ1) is 18.5. The Balaban J connectivity index is 1.54. The molecule has 38 heavy (non-hydrogen) atoms. The van der Waals surface area contributed by atoms with Crippen LogP contribution < -0.4 is 19.8 Å². The lowest BCUT2D eigenvalue weighted by Gasteiger charge is -2.15. The van der Waals surface area contributed by atoms with E-state index in [1.807, 2.05) is 62.4 Å². The highest BCUT2D eigenvalue weighted by Gasteiger charge is 2.19. The SMILES string of the molecule is CCOc1ccccc1-c1nc(CSc2nc3ccccc3c(=O)n2-c2ccc(OC)c(OC)c2)c(C)o1. The van der Waals surface area contributed by atoms with Crippen LogP contribution in [0.5, 0.6) is 17.2 Å². The Bertz CT molecular complexity index is 1660. The van der Waals surface area contributed by atoms with Gasteiger partial charge in [0, 0.05) is 11.8 Å². The second-order valence-electron chi connectivity index (χ2n) is 8.33. The Hall–Kier alpha value is -4.24. The van der Waals surface area contributed by atoms with E-state index in [2.05, 4.69) is 0 Å². The number of oxazole rings is 1. The van der Waals surface area contributed by atoms with E-state index >= 15 is 0 Å². The molecule has 0 aliphatic rings. The first kappa shape index (κ1) is 25.4. The largest absolute Gasteiger partial charge is 0.493 e. The Morgan fingerprint density at radius 1 is 0.921 bits per heavy atom. The summed E-state index contributed by atoms with van der Waals surface area (Å²) < 4.78 is 24.2. The zero-order valence-electron chi connectivity index (χ0n) is 21.6. The van der Waals surface area contributed by atoms with Crippen LogP contribution in [-0.2, 0) is 5.75 Å². The summed E-state index contributed by atoms with van der Waals surface area (Å²) in [7, 11) is 3.14. The van der Waals surface area contributed by atoms with Crippen LogP contribution >= 0.6 is 11.8 Å². The van der Waals surface area contributed by atoms with E-state index < -0.39 is 0 Å². The Labute approximate surface area is 224 Å². The van der Waals surface area contributed by atoms with Gasteiger partial charge in [-0.15, -0.1) is 0 Å². The van der Waals surface area contributed by atoms with E-state index in [1.54, 1.807) is 37.0 Å². The third-order valence-electron chi connectivity index (χ3n) is 6.02. The molecular formula is C29H27N3O5S. The van der Waals surface area contributed by atoms with Gasteiger partial charge in [0.1, 0.15) is 11.5 Å². The summed E-state index contributed by atoms with van der Waals surface area (Å²) >= 11 is 1.41. The zero-order chi connectivity index (χ0) is 26.6. The summed E-state index contributed by atoms with van der Waals surface area (Å²) in [5, 5.41) is 1.05. The van der Waals surface area contributed by atoms with Crippen LogP contribution in [0, 0.1) is 6.92 Å². The lowest BCUT2D eigenvalue weighted by Crippen LogP contribution is -2.21. The zero-order valence-corrected chi connectivity index (χ0v) is 22.4. The fourth-order valence-electron chi connectivity index (χ4n) is 4.14. The molecule has 9 heteroatoms. The van der Waals surface area contributed by atoms with E-state index in [1.165, 1.54) is 11.8 Å². The van der Waals surface area contributed by atoms with E-state index in [0.717, 1.165) is 11.3 Å². The lowest BCUT2D eigenvalue weighted by molar-refractivity contribution is 0.340. The molecule has 0 unspecified atom stereocenters. The van der Waals surface area contributed by atoms with E-state index in [9.17, 15) is 4.79 Å². The third-order valence-corrected chi connectivity index (χ3v) is 6.97. The van der Waals surface area contributed by atoms with Crippen molar-refractivity contribution in [2.45, 2.75) is 24.8 Å². The van der Waals surface area contributed by atoms with Gasteiger partial charge in [0.25, 0.3) is 5.56 Å². The lowest BCUT2D eigenvalue weighted by atomic mass is 10.2. The van der Waals surface area contributed by atoms with E-state index in [0.29, 0.717) is 63.0 Å². The van der Waals surface area contributed by atoms with Crippen molar-refractivity contribution in [1.82, 2.24) is 14.5 Å². The van der Waals surface area contributed by atoms with Gasteiger partial charge < -0.3 is 18.6 Å². The molecule has 3 aromatic carbocycles. The monoisotopic (exact) mass is 529 g/mol. The Morgan fingerprint density at radius 2 is 1.68 bits per heavy atom. The molecule has 2 aromatic heterocycles. The quantitative estimate of drug-likeness (QED) is 0.168. The van der Waals surface area contributed by atoms with Crippen molar-refractivity contribution in [2.24, 2.45) is 0 Å². The number of nitrogens with zero attached hydrogens (tertiary/aromatic N) is 3. The van der Waals surface area contributed by atoms with Gasteiger partial charge in [-0.05, 0) is 50.2 Å². The van der Waals surface area contributed by atoms with Gasteiger partial charge in [-0.3, -0.25) is 9.36 Å². The first-order valence-corrected chi connectivity index (χ1v) is 13.1. The summed E-state index contributed by atoms with van der Waals surface area (Å²) in [5.41, 5.74) is 2.63. The molecular weight excluding hydrogens is 502 g/mol. The smallest absolute Gasteiger partial charge is 0.266 e. The number of rotatable bonds is 9. The molecule has 0 saturated carbocycles. The van der Waals surface area contributed by atoms with Crippen LogP contribution in [0.25, 0.3) is 28.0 Å². The highest BCUT2D eigenvalue weighted by Crippen LogP contribution is 2.34. The highest BCUT2D eigenvalue weighted by molar-refractivity contribution is 7.98. The minimum absolute atomic E-state index is 0.173. The van der Waals surface area contributed by atoms with Gasteiger partial charge in [-0.2, -0.15) is 0 Å². The average molecular weight is 530 g/mol. The van der Waals surface area contributed by atoms with E-state index in [4.69, 9.17) is 28.6 Å². The van der Waals surface area contributed by atoms with Crippen molar-refractivity contribution in [3.63, 3.8) is 0 Å². The predicted molar refractivity (Wildman–Crippen MR) is 148 cm³/mol. The molecule has 2 heterocycles. The van der Waals surface area contributed by atoms with Crippen molar-refractivity contribution in [3.05, 3.63) is 88.5 Å². The number of para-hydroxylation sites is 2. The Kier molecular flexibility index (Phi) is 7.37. The number of aryl methyl sites for hydroxylation is 1. The number of thioether (sulfide) groups is 1. The van der Waals surface area contributed by atoms with Crippen molar-refractivity contribution in [2.75, 3.05) is 20.8 Å². The molecule has 0 amide bonds. The maximum absolute atomic E-state index is 13.7. The summed E-state index contributed by atoms with van der Waals surface area (Å²) in [6.45, 7) is 4.36. The molecule has 5 rings (SSSR count). The van der Waals surface area contributed by atoms with Crippen LogP contribution in [0.4, 0.5) is 0 Å². The van der Waals surface area contributed by atoms with Crippen molar-refractivity contribution in [1.29, 1.82) is 0 Å². The van der Waals surface area contributed by atoms with Gasteiger partial charge in [0.05, 0.1) is 48.7 Å². The standard InChI is InChI=1S/C29H27N3O5S/c1-5-36-24-13-9-7-11-21(24)27-30-23(18(2)37-27)17-38-29-31-22-12-8-6-10-20(22)28(33)32(29)19-14-15-25(34-3)26(16-19)35-4/h6-16H,5,17H2,1-4H3. The average Bonchev–Trinajstić information content (AvgIpc) is 3.32. The maximum atomic E-state index is 13.7. The molecule has 0 atom stereocenters. The van der Waals surface area contributed by atoms with Gasteiger partial charge in [0.2, 0.25) is 5.89 Å². The normalized spacial score (nSPS) is 11.1. The van der Waals surface area contributed by atoms with Gasteiger partial charge in [0.15, 0.2) is 16.7 Å². The first-order valence-electron chi connectivity index (χ1n) is 12.1. The molecule has 194 valence electrons. The van der Waals surface area contributed by atoms with Crippen LogP contribution in [0.1, 0.15) is 18.4 Å². The fraction of sp³-hybridized carbons (Fsp3) is 0.207. The van der Waals surface area contributed by atoms with Crippen LogP contribution in [0.15, 0.2) is 81.1 Å². The fourth-order valence-corrected chi connectivity index (χ4v) is 5.15. The Morgan fingerprint density at radius 3 is 2.47 bits per heavy atom. The van der Waals surface area contributed by atoms with Crippen molar-refractivity contribution < 1.29 is 18.6 Å². The van der Waals surface area contributed by atoms with E-state index in [-0.39, 0.29) is 5.56 Å². The number of methoxy groups -OCH3 is 2. The number of ether oxygens (including phenoxy) is 3. The summed E-state index contributed by atoms with van der Waals surface area (Å²) in [4.78, 5) is 23.2. The molecule has 8 nitrogen and oxygen atoms in total. The summed E-state index contributed by atoms with van der Waals surface area (Å²) in [6, 6.07) is 20.3. The van der Waals surface area contributed by atoms with Crippen LogP contribution in [-0.4, -0.2) is 35.4 Å². The van der Waals surface area contributed by atoms with Crippen molar-refractivity contribution in [3.8, 4) is 34.4 Å². The van der Waals surface area contributed by atoms with Crippen LogP contribution in [0.3, 0.4) is 0 Å². The topological polar surface area (TPSA) is 88.6 Å². The van der Waals surface area contributed by atoms with Crippen LogP contribution in [0.2, 0.25) is 0 Å². The maximum Gasteiger partial charge on any atom is 0.266 e. The molecule has 0 aliphatic carbocycles. The van der Waals surface area contributed by atoms with Gasteiger partial charge in [-0.25, -0.2) is 9.97 Å². The summed E-state index contributed by atoms with van der Waals surface area (Å²) in [6.07, 6.45) is 0. The second kappa shape index (κ2) is 11.0. The molecule has 5 aromatic rings. The number of hydrogen-bond donors (Lipinski definition) is 0. The predicted octanol–water partition coefficient (Wildman–Crippen LogP) is 6.06. The molecule has 0 radical (unpaired) electrons. The highest BCUT2D eigenvalue weighted by atomic mass is 32.2.